The van der Waals surface area contributed by atoms with Crippen LogP contribution in [0.5, 0.6) is 5.75 Å². The number of benzene rings is 1. The SMILES string of the molecule is CNc1ccc(Cl)c(C(=O)Nc2ccc(Br)c(OC)c2)n1. The molecule has 0 atom stereocenters. The summed E-state index contributed by atoms with van der Waals surface area (Å²) in [6.45, 7) is 0. The quantitative estimate of drug-likeness (QED) is 0.859. The number of hydrogen-bond donors (Lipinski definition) is 2. The Morgan fingerprint density at radius 1 is 1.33 bits per heavy atom. The molecule has 0 aliphatic rings. The number of halogens is 2. The minimum atomic E-state index is -0.388. The number of aromatic nitrogens is 1. The molecule has 1 aromatic carbocycles. The molecule has 0 saturated carbocycles. The molecule has 110 valence electrons. The molecule has 0 radical (unpaired) electrons. The van der Waals surface area contributed by atoms with Gasteiger partial charge < -0.3 is 15.4 Å². The average molecular weight is 371 g/mol. The molecule has 1 amide bonds. The second-order valence-electron chi connectivity index (χ2n) is 4.08. The van der Waals surface area contributed by atoms with Crippen molar-refractivity contribution >= 4 is 44.9 Å². The highest BCUT2D eigenvalue weighted by atomic mass is 79.9. The zero-order valence-corrected chi connectivity index (χ0v) is 13.7. The van der Waals surface area contributed by atoms with E-state index in [1.54, 1.807) is 44.5 Å². The fraction of sp³-hybridized carbons (Fsp3) is 0.143. The fourth-order valence-electron chi connectivity index (χ4n) is 1.67. The number of carbonyl (C=O) groups is 1. The molecule has 0 spiro atoms. The predicted molar refractivity (Wildman–Crippen MR) is 87.4 cm³/mol. The number of ether oxygens (including phenoxy) is 1. The Kier molecular flexibility index (Phi) is 5.03. The summed E-state index contributed by atoms with van der Waals surface area (Å²) in [7, 11) is 3.28. The van der Waals surface area contributed by atoms with Gasteiger partial charge in [0.25, 0.3) is 5.91 Å². The fourth-order valence-corrected chi connectivity index (χ4v) is 2.27. The summed E-state index contributed by atoms with van der Waals surface area (Å²) in [6, 6.07) is 8.56. The number of nitrogens with one attached hydrogen (secondary N) is 2. The van der Waals surface area contributed by atoms with Crippen LogP contribution in [0, 0.1) is 0 Å². The molecule has 0 fully saturated rings. The normalized spacial score (nSPS) is 10.1. The van der Waals surface area contributed by atoms with Crippen LogP contribution in [0.2, 0.25) is 5.02 Å². The molecule has 0 unspecified atom stereocenters. The number of carbonyl (C=O) groups excluding carboxylic acids is 1. The summed E-state index contributed by atoms with van der Waals surface area (Å²) in [6.07, 6.45) is 0. The van der Waals surface area contributed by atoms with Gasteiger partial charge in [-0.2, -0.15) is 0 Å². The maximum Gasteiger partial charge on any atom is 0.275 e. The molecule has 2 aromatic rings. The Balaban J connectivity index is 2.25. The van der Waals surface area contributed by atoms with Crippen molar-refractivity contribution in [2.45, 2.75) is 0 Å². The first-order valence-electron chi connectivity index (χ1n) is 6.04. The molecule has 5 nitrogen and oxygen atoms in total. The van der Waals surface area contributed by atoms with E-state index in [9.17, 15) is 4.79 Å². The summed E-state index contributed by atoms with van der Waals surface area (Å²) >= 11 is 9.37. The summed E-state index contributed by atoms with van der Waals surface area (Å²) in [5, 5.41) is 5.89. The van der Waals surface area contributed by atoms with Crippen LogP contribution in [0.4, 0.5) is 11.5 Å². The lowest BCUT2D eigenvalue weighted by molar-refractivity contribution is 0.102. The van der Waals surface area contributed by atoms with E-state index >= 15 is 0 Å². The standard InChI is InChI=1S/C14H13BrClN3O2/c1-17-12-6-5-10(16)13(19-12)14(20)18-8-3-4-9(15)11(7-8)21-2/h3-7H,1-2H3,(H,17,19)(H,18,20). The molecule has 0 aliphatic carbocycles. The minimum Gasteiger partial charge on any atom is -0.495 e. The highest BCUT2D eigenvalue weighted by Crippen LogP contribution is 2.28. The number of anilines is 2. The van der Waals surface area contributed by atoms with Crippen molar-refractivity contribution in [1.29, 1.82) is 0 Å². The summed E-state index contributed by atoms with van der Waals surface area (Å²) in [5.41, 5.74) is 0.748. The van der Waals surface area contributed by atoms with Crippen LogP contribution in [0.3, 0.4) is 0 Å². The number of nitrogens with zero attached hydrogens (tertiary/aromatic N) is 1. The molecule has 21 heavy (non-hydrogen) atoms. The molecule has 0 aliphatic heterocycles. The van der Waals surface area contributed by atoms with E-state index < -0.39 is 0 Å². The van der Waals surface area contributed by atoms with Gasteiger partial charge in [0, 0.05) is 18.8 Å². The van der Waals surface area contributed by atoms with Crippen LogP contribution in [0.25, 0.3) is 0 Å². The first-order valence-corrected chi connectivity index (χ1v) is 7.21. The van der Waals surface area contributed by atoms with E-state index in [2.05, 4.69) is 31.5 Å². The number of amides is 1. The Morgan fingerprint density at radius 2 is 2.10 bits per heavy atom. The minimum absolute atomic E-state index is 0.158. The average Bonchev–Trinajstić information content (AvgIpc) is 2.49. The van der Waals surface area contributed by atoms with Gasteiger partial charge in [-0.25, -0.2) is 4.98 Å². The van der Waals surface area contributed by atoms with Crippen molar-refractivity contribution in [2.75, 3.05) is 24.8 Å². The van der Waals surface area contributed by atoms with Crippen LogP contribution in [-0.4, -0.2) is 25.0 Å². The molecule has 1 aromatic heterocycles. The Labute approximate surface area is 135 Å². The lowest BCUT2D eigenvalue weighted by atomic mass is 10.2. The van der Waals surface area contributed by atoms with Crippen LogP contribution in [0.15, 0.2) is 34.8 Å². The number of pyridine rings is 1. The van der Waals surface area contributed by atoms with Crippen LogP contribution in [0.1, 0.15) is 10.5 Å². The molecule has 2 rings (SSSR count). The number of hydrogen-bond acceptors (Lipinski definition) is 4. The first kappa shape index (κ1) is 15.6. The highest BCUT2D eigenvalue weighted by molar-refractivity contribution is 9.10. The van der Waals surface area contributed by atoms with E-state index in [0.29, 0.717) is 17.3 Å². The molecule has 0 saturated heterocycles. The Bertz CT molecular complexity index is 679. The summed E-state index contributed by atoms with van der Waals surface area (Å²) in [5.74, 6) is 0.801. The van der Waals surface area contributed by atoms with Gasteiger partial charge in [0.05, 0.1) is 16.6 Å². The van der Waals surface area contributed by atoms with E-state index in [0.717, 1.165) is 4.47 Å². The Morgan fingerprint density at radius 3 is 2.76 bits per heavy atom. The summed E-state index contributed by atoms with van der Waals surface area (Å²) < 4.78 is 5.99. The van der Waals surface area contributed by atoms with Crippen molar-refractivity contribution in [2.24, 2.45) is 0 Å². The molecular weight excluding hydrogens is 358 g/mol. The molecule has 0 bridgehead atoms. The van der Waals surface area contributed by atoms with Gasteiger partial charge in [0.2, 0.25) is 0 Å². The van der Waals surface area contributed by atoms with Crippen LogP contribution < -0.4 is 15.4 Å². The van der Waals surface area contributed by atoms with E-state index in [4.69, 9.17) is 16.3 Å². The monoisotopic (exact) mass is 369 g/mol. The van der Waals surface area contributed by atoms with Gasteiger partial charge in [-0.3, -0.25) is 4.79 Å². The Hall–Kier alpha value is -1.79. The van der Waals surface area contributed by atoms with E-state index in [1.807, 2.05) is 0 Å². The third kappa shape index (κ3) is 3.65. The maximum absolute atomic E-state index is 12.2. The van der Waals surface area contributed by atoms with Crippen LogP contribution in [-0.2, 0) is 0 Å². The largest absolute Gasteiger partial charge is 0.495 e. The lowest BCUT2D eigenvalue weighted by Gasteiger charge is -2.10. The third-order valence-corrected chi connectivity index (χ3v) is 3.69. The van der Waals surface area contributed by atoms with Crippen molar-refractivity contribution in [1.82, 2.24) is 4.98 Å². The second-order valence-corrected chi connectivity index (χ2v) is 5.34. The zero-order chi connectivity index (χ0) is 15.4. The highest BCUT2D eigenvalue weighted by Gasteiger charge is 2.14. The predicted octanol–water partition coefficient (Wildman–Crippen LogP) is 3.80. The van der Waals surface area contributed by atoms with Crippen LogP contribution >= 0.6 is 27.5 Å². The zero-order valence-electron chi connectivity index (χ0n) is 11.4. The van der Waals surface area contributed by atoms with Gasteiger partial charge in [-0.1, -0.05) is 11.6 Å². The smallest absolute Gasteiger partial charge is 0.275 e. The maximum atomic E-state index is 12.2. The number of methoxy groups -OCH3 is 1. The third-order valence-electron chi connectivity index (χ3n) is 2.73. The van der Waals surface area contributed by atoms with Gasteiger partial charge in [0.15, 0.2) is 0 Å². The van der Waals surface area contributed by atoms with Gasteiger partial charge in [0.1, 0.15) is 17.3 Å². The van der Waals surface area contributed by atoms with E-state index in [-0.39, 0.29) is 16.6 Å². The number of rotatable bonds is 4. The van der Waals surface area contributed by atoms with Gasteiger partial charge >= 0.3 is 0 Å². The molecule has 1 heterocycles. The van der Waals surface area contributed by atoms with Crippen molar-refractivity contribution in [3.8, 4) is 5.75 Å². The second kappa shape index (κ2) is 6.78. The lowest BCUT2D eigenvalue weighted by Crippen LogP contribution is -2.15. The molecular formula is C14H13BrClN3O2. The van der Waals surface area contributed by atoms with Gasteiger partial charge in [-0.15, -0.1) is 0 Å². The first-order chi connectivity index (χ1) is 10.0. The summed E-state index contributed by atoms with van der Waals surface area (Å²) in [4.78, 5) is 16.4. The van der Waals surface area contributed by atoms with Crippen molar-refractivity contribution in [3.63, 3.8) is 0 Å². The van der Waals surface area contributed by atoms with Gasteiger partial charge in [-0.05, 0) is 40.2 Å². The van der Waals surface area contributed by atoms with Crippen molar-refractivity contribution in [3.05, 3.63) is 45.5 Å². The molecule has 7 heteroatoms. The van der Waals surface area contributed by atoms with Crippen molar-refractivity contribution < 1.29 is 9.53 Å². The topological polar surface area (TPSA) is 63.2 Å². The molecule has 2 N–H and O–H groups in total. The van der Waals surface area contributed by atoms with E-state index in [1.165, 1.54) is 0 Å².